The Bertz CT molecular complexity index is 1060. The number of piperidine rings is 1. The van der Waals surface area contributed by atoms with Crippen LogP contribution >= 0.6 is 0 Å². The largest absolute Gasteiger partial charge is 0.367 e. The molecule has 3 atom stereocenters. The smallest absolute Gasteiger partial charge is 0.153 e. The Kier molecular flexibility index (Phi) is 4.76. The SMILES string of the molecule is Cc1cc(Nc2cc3ncccc3c(NC3CC4CC[C@@H](C3)N4CC3CNC3)n2)n[nH]1. The quantitative estimate of drug-likeness (QED) is 0.489. The van der Waals surface area contributed by atoms with Crippen LogP contribution in [0.3, 0.4) is 0 Å². The Morgan fingerprint density at radius 1 is 1.13 bits per heavy atom. The molecule has 0 saturated carbocycles. The molecular formula is C23H30N8. The highest BCUT2D eigenvalue weighted by atomic mass is 15.2. The normalized spacial score (nSPS) is 26.2. The Morgan fingerprint density at radius 2 is 1.97 bits per heavy atom. The molecule has 8 nitrogen and oxygen atoms in total. The minimum atomic E-state index is 0.451. The molecule has 3 fully saturated rings. The lowest BCUT2D eigenvalue weighted by molar-refractivity contribution is 0.0963. The molecule has 0 amide bonds. The Labute approximate surface area is 182 Å². The first-order valence-electron chi connectivity index (χ1n) is 11.5. The topological polar surface area (TPSA) is 93.8 Å². The second kappa shape index (κ2) is 7.76. The van der Waals surface area contributed by atoms with Gasteiger partial charge in [0.1, 0.15) is 11.6 Å². The number of anilines is 3. The molecule has 162 valence electrons. The molecular weight excluding hydrogens is 388 g/mol. The number of nitrogens with zero attached hydrogens (tertiary/aromatic N) is 4. The summed E-state index contributed by atoms with van der Waals surface area (Å²) in [5.41, 5.74) is 1.95. The third kappa shape index (κ3) is 3.74. The standard InChI is InChI=1S/C23H30N8/c1-14-7-22(30-29-14)27-21-10-20-19(3-2-6-25-20)23(28-21)26-16-8-17-4-5-18(9-16)31(17)13-15-11-24-12-15/h2-3,6-7,10,15-18,24H,4-5,8-9,11-13H2,1H3,(H3,26,27,28,29,30)/t16?,17-,18?/m0/s1. The summed E-state index contributed by atoms with van der Waals surface area (Å²) >= 11 is 0. The number of nitrogens with one attached hydrogen (secondary N) is 4. The second-order valence-electron chi connectivity index (χ2n) is 9.41. The highest BCUT2D eigenvalue weighted by molar-refractivity contribution is 5.91. The Morgan fingerprint density at radius 3 is 2.68 bits per heavy atom. The van der Waals surface area contributed by atoms with Crippen molar-refractivity contribution in [3.63, 3.8) is 0 Å². The van der Waals surface area contributed by atoms with Crippen molar-refractivity contribution in [1.29, 1.82) is 0 Å². The summed E-state index contributed by atoms with van der Waals surface area (Å²) < 4.78 is 0. The molecule has 0 spiro atoms. The fourth-order valence-corrected chi connectivity index (χ4v) is 5.52. The fraction of sp³-hybridized carbons (Fsp3) is 0.522. The van der Waals surface area contributed by atoms with Crippen LogP contribution in [-0.2, 0) is 0 Å². The average molecular weight is 419 g/mol. The molecule has 8 heteroatoms. The van der Waals surface area contributed by atoms with Crippen molar-refractivity contribution < 1.29 is 0 Å². The van der Waals surface area contributed by atoms with E-state index in [9.17, 15) is 0 Å². The first-order valence-corrected chi connectivity index (χ1v) is 11.5. The van der Waals surface area contributed by atoms with Crippen LogP contribution in [0, 0.1) is 12.8 Å². The maximum atomic E-state index is 4.92. The number of aryl methyl sites for hydroxylation is 1. The molecule has 3 aliphatic rings. The van der Waals surface area contributed by atoms with E-state index in [1.54, 1.807) is 0 Å². The zero-order valence-electron chi connectivity index (χ0n) is 17.9. The Balaban J connectivity index is 1.22. The number of aromatic nitrogens is 4. The van der Waals surface area contributed by atoms with Crippen molar-refractivity contribution in [3.05, 3.63) is 36.2 Å². The van der Waals surface area contributed by atoms with E-state index in [-0.39, 0.29) is 0 Å². The summed E-state index contributed by atoms with van der Waals surface area (Å²) in [7, 11) is 0. The number of fused-ring (bicyclic) bond motifs is 3. The summed E-state index contributed by atoms with van der Waals surface area (Å²) in [6.45, 7) is 5.64. The predicted molar refractivity (Wildman–Crippen MR) is 123 cm³/mol. The van der Waals surface area contributed by atoms with Gasteiger partial charge in [0.25, 0.3) is 0 Å². The van der Waals surface area contributed by atoms with Crippen LogP contribution in [0.4, 0.5) is 17.5 Å². The van der Waals surface area contributed by atoms with Crippen molar-refractivity contribution in [2.24, 2.45) is 5.92 Å². The van der Waals surface area contributed by atoms with Gasteiger partial charge in [-0.2, -0.15) is 5.10 Å². The fourth-order valence-electron chi connectivity index (χ4n) is 5.52. The number of pyridine rings is 2. The molecule has 4 N–H and O–H groups in total. The van der Waals surface area contributed by atoms with Crippen LogP contribution in [0.2, 0.25) is 0 Å². The lowest BCUT2D eigenvalue weighted by Gasteiger charge is -2.42. The highest BCUT2D eigenvalue weighted by Crippen LogP contribution is 2.38. The van der Waals surface area contributed by atoms with Crippen molar-refractivity contribution in [2.45, 2.75) is 50.7 Å². The summed E-state index contributed by atoms with van der Waals surface area (Å²) in [4.78, 5) is 12.3. The van der Waals surface area contributed by atoms with Crippen molar-refractivity contribution in [2.75, 3.05) is 30.3 Å². The lowest BCUT2D eigenvalue weighted by Crippen LogP contribution is -2.54. The van der Waals surface area contributed by atoms with Crippen molar-refractivity contribution in [1.82, 2.24) is 30.4 Å². The first-order chi connectivity index (χ1) is 15.2. The third-order valence-corrected chi connectivity index (χ3v) is 7.12. The second-order valence-corrected chi connectivity index (χ2v) is 9.41. The molecule has 31 heavy (non-hydrogen) atoms. The van der Waals surface area contributed by atoms with Crippen LogP contribution in [0.1, 0.15) is 31.4 Å². The van der Waals surface area contributed by atoms with Gasteiger partial charge in [0.05, 0.1) is 5.52 Å². The van der Waals surface area contributed by atoms with E-state index in [0.29, 0.717) is 18.1 Å². The predicted octanol–water partition coefficient (Wildman–Crippen LogP) is 3.03. The van der Waals surface area contributed by atoms with E-state index in [1.807, 2.05) is 31.3 Å². The van der Waals surface area contributed by atoms with E-state index < -0.39 is 0 Å². The summed E-state index contributed by atoms with van der Waals surface area (Å²) in [5.74, 6) is 3.29. The molecule has 0 aliphatic carbocycles. The van der Waals surface area contributed by atoms with Gasteiger partial charge in [0.2, 0.25) is 0 Å². The molecule has 2 bridgehead atoms. The maximum absolute atomic E-state index is 4.92. The maximum Gasteiger partial charge on any atom is 0.153 e. The molecule has 0 radical (unpaired) electrons. The molecule has 2 unspecified atom stereocenters. The van der Waals surface area contributed by atoms with Crippen molar-refractivity contribution >= 4 is 28.4 Å². The molecule has 6 rings (SSSR count). The van der Waals surface area contributed by atoms with Crippen LogP contribution < -0.4 is 16.0 Å². The minimum absolute atomic E-state index is 0.451. The van der Waals surface area contributed by atoms with Crippen LogP contribution in [-0.4, -0.2) is 62.8 Å². The number of hydrogen-bond acceptors (Lipinski definition) is 7. The summed E-state index contributed by atoms with van der Waals surface area (Å²) in [6, 6.07) is 9.91. The van der Waals surface area contributed by atoms with E-state index in [1.165, 1.54) is 45.3 Å². The van der Waals surface area contributed by atoms with Gasteiger partial charge in [0, 0.05) is 67.2 Å². The number of hydrogen-bond donors (Lipinski definition) is 4. The van der Waals surface area contributed by atoms with Crippen LogP contribution in [0.5, 0.6) is 0 Å². The molecule has 6 heterocycles. The van der Waals surface area contributed by atoms with Crippen LogP contribution in [0.15, 0.2) is 30.5 Å². The van der Waals surface area contributed by atoms with Gasteiger partial charge < -0.3 is 16.0 Å². The minimum Gasteiger partial charge on any atom is -0.367 e. The van der Waals surface area contributed by atoms with E-state index in [2.05, 4.69) is 42.1 Å². The zero-order valence-corrected chi connectivity index (χ0v) is 17.9. The lowest BCUT2D eigenvalue weighted by atomic mass is 9.94. The summed E-state index contributed by atoms with van der Waals surface area (Å²) in [6.07, 6.45) is 6.88. The third-order valence-electron chi connectivity index (χ3n) is 7.12. The van der Waals surface area contributed by atoms with Gasteiger partial charge in [-0.3, -0.25) is 15.0 Å². The molecule has 0 aromatic carbocycles. The molecule has 3 saturated heterocycles. The Hall–Kier alpha value is -2.71. The van der Waals surface area contributed by atoms with Gasteiger partial charge in [-0.05, 0) is 50.7 Å². The molecule has 3 aliphatic heterocycles. The zero-order chi connectivity index (χ0) is 20.8. The van der Waals surface area contributed by atoms with Gasteiger partial charge in [-0.15, -0.1) is 0 Å². The van der Waals surface area contributed by atoms with E-state index >= 15 is 0 Å². The summed E-state index contributed by atoms with van der Waals surface area (Å²) in [5, 5.41) is 18.9. The first kappa shape index (κ1) is 19.0. The van der Waals surface area contributed by atoms with E-state index in [4.69, 9.17) is 4.98 Å². The van der Waals surface area contributed by atoms with Gasteiger partial charge in [-0.25, -0.2) is 4.98 Å². The van der Waals surface area contributed by atoms with Crippen LogP contribution in [0.25, 0.3) is 10.9 Å². The molecule has 3 aromatic rings. The molecule has 3 aromatic heterocycles. The number of rotatable bonds is 6. The monoisotopic (exact) mass is 418 g/mol. The van der Waals surface area contributed by atoms with E-state index in [0.717, 1.165) is 40.0 Å². The average Bonchev–Trinajstić information content (AvgIpc) is 3.23. The number of H-pyrrole nitrogens is 1. The van der Waals surface area contributed by atoms with Gasteiger partial charge >= 0.3 is 0 Å². The van der Waals surface area contributed by atoms with Gasteiger partial charge in [0.15, 0.2) is 5.82 Å². The number of aromatic amines is 1. The highest BCUT2D eigenvalue weighted by Gasteiger charge is 2.42. The van der Waals surface area contributed by atoms with Gasteiger partial charge in [-0.1, -0.05) is 0 Å². The van der Waals surface area contributed by atoms with Crippen molar-refractivity contribution in [3.8, 4) is 0 Å².